The number of nitrogens with one attached hydrogen (secondary N) is 3. The number of hydrogen-bond donors (Lipinski definition) is 3. The number of allylic oxidation sites excluding steroid dienone is 1. The number of amides is 4. The molecule has 10 nitrogen and oxygen atoms in total. The van der Waals surface area contributed by atoms with E-state index in [0.29, 0.717) is 19.3 Å². The van der Waals surface area contributed by atoms with Crippen LogP contribution in [0.1, 0.15) is 72.1 Å². The van der Waals surface area contributed by atoms with Gasteiger partial charge >= 0.3 is 6.09 Å². The van der Waals surface area contributed by atoms with Crippen molar-refractivity contribution >= 4 is 29.6 Å². The number of Topliss-reactive ketones (excluding diaryl/α,β-unsaturated/α-hetero) is 1. The van der Waals surface area contributed by atoms with Crippen molar-refractivity contribution in [1.29, 1.82) is 0 Å². The average Bonchev–Trinajstić information content (AvgIpc) is 3.37. The van der Waals surface area contributed by atoms with Gasteiger partial charge in [-0.2, -0.15) is 0 Å². The minimum absolute atomic E-state index is 0.0157. The molecule has 0 aromatic heterocycles. The summed E-state index contributed by atoms with van der Waals surface area (Å²) in [6.07, 6.45) is 2.58. The first-order chi connectivity index (χ1) is 18.7. The fraction of sp³-hybridized carbons (Fsp3) is 0.679. The summed E-state index contributed by atoms with van der Waals surface area (Å²) < 4.78 is 33.1. The SMILES string of the molecule is C=CCCC(NC(=O)[C@@H]1CCCN1C(=O)[C@@H](NC(=O)OC(C)(C)C)C1CCC(F)(F)CC1)C(=O)C(=O)NCC=C. The van der Waals surface area contributed by atoms with E-state index >= 15 is 0 Å². The highest BCUT2D eigenvalue weighted by Crippen LogP contribution is 2.38. The highest BCUT2D eigenvalue weighted by molar-refractivity contribution is 6.38. The van der Waals surface area contributed by atoms with Crippen molar-refractivity contribution in [2.24, 2.45) is 5.92 Å². The lowest BCUT2D eigenvalue weighted by atomic mass is 9.81. The van der Waals surface area contributed by atoms with Crippen LogP contribution in [0, 0.1) is 5.92 Å². The molecule has 1 saturated heterocycles. The summed E-state index contributed by atoms with van der Waals surface area (Å²) in [7, 11) is 0. The van der Waals surface area contributed by atoms with E-state index in [9.17, 15) is 32.8 Å². The van der Waals surface area contributed by atoms with Gasteiger partial charge in [0.05, 0.1) is 6.04 Å². The fourth-order valence-corrected chi connectivity index (χ4v) is 4.92. The summed E-state index contributed by atoms with van der Waals surface area (Å²) in [4.78, 5) is 66.0. The number of halogens is 2. The number of alkyl halides is 2. The number of carbonyl (C=O) groups is 5. The third-order valence-electron chi connectivity index (χ3n) is 6.93. The molecule has 2 rings (SSSR count). The number of hydrogen-bond acceptors (Lipinski definition) is 6. The van der Waals surface area contributed by atoms with Crippen LogP contribution in [0.15, 0.2) is 25.3 Å². The Kier molecular flexibility index (Phi) is 11.8. The number of carbonyl (C=O) groups excluding carboxylic acids is 5. The number of ether oxygens (including phenoxy) is 1. The zero-order chi connectivity index (χ0) is 30.1. The molecule has 3 atom stereocenters. The van der Waals surface area contributed by atoms with Crippen molar-refractivity contribution in [3.05, 3.63) is 25.3 Å². The summed E-state index contributed by atoms with van der Waals surface area (Å²) in [5.41, 5.74) is -0.849. The van der Waals surface area contributed by atoms with E-state index in [4.69, 9.17) is 4.74 Å². The van der Waals surface area contributed by atoms with Crippen LogP contribution >= 0.6 is 0 Å². The molecule has 1 saturated carbocycles. The lowest BCUT2D eigenvalue weighted by Crippen LogP contribution is -2.58. The first kappa shape index (κ1) is 32.9. The Bertz CT molecular complexity index is 970. The van der Waals surface area contributed by atoms with Crippen molar-refractivity contribution in [2.45, 2.75) is 102 Å². The Morgan fingerprint density at radius 1 is 1.05 bits per heavy atom. The van der Waals surface area contributed by atoms with Crippen molar-refractivity contribution < 1.29 is 37.5 Å². The molecule has 224 valence electrons. The van der Waals surface area contributed by atoms with Crippen molar-refractivity contribution in [3.8, 4) is 0 Å². The highest BCUT2D eigenvalue weighted by Gasteiger charge is 2.45. The quantitative estimate of drug-likeness (QED) is 0.245. The van der Waals surface area contributed by atoms with Crippen LogP contribution < -0.4 is 16.0 Å². The molecule has 2 fully saturated rings. The minimum Gasteiger partial charge on any atom is -0.444 e. The maximum Gasteiger partial charge on any atom is 0.408 e. The standard InChI is InChI=1S/C28H42F2N4O6/c1-6-8-10-19(22(35)24(37)31-16-7-2)32-23(36)20-11-9-17-34(20)25(38)21(33-26(39)40-27(3,4)5)18-12-14-28(29,30)15-13-18/h6-7,18-21H,1-2,8-17H2,3-5H3,(H,31,37)(H,32,36)(H,33,39)/t19?,20-,21-/m0/s1. The summed E-state index contributed by atoms with van der Waals surface area (Å²) in [6, 6.07) is -3.26. The van der Waals surface area contributed by atoms with Gasteiger partial charge in [-0.3, -0.25) is 19.2 Å². The second kappa shape index (κ2) is 14.4. The Labute approximate surface area is 234 Å². The van der Waals surface area contributed by atoms with Crippen LogP contribution in [0.4, 0.5) is 13.6 Å². The van der Waals surface area contributed by atoms with E-state index in [0.717, 1.165) is 0 Å². The van der Waals surface area contributed by atoms with Gasteiger partial charge in [0.15, 0.2) is 0 Å². The molecule has 2 aliphatic rings. The third-order valence-corrected chi connectivity index (χ3v) is 6.93. The van der Waals surface area contributed by atoms with E-state index in [1.165, 1.54) is 11.0 Å². The maximum absolute atomic E-state index is 13.9. The molecule has 1 aliphatic carbocycles. The summed E-state index contributed by atoms with van der Waals surface area (Å²) in [5, 5.41) is 7.58. The Balaban J connectivity index is 2.22. The first-order valence-corrected chi connectivity index (χ1v) is 13.7. The molecule has 0 radical (unpaired) electrons. The number of nitrogens with zero attached hydrogens (tertiary/aromatic N) is 1. The summed E-state index contributed by atoms with van der Waals surface area (Å²) in [6.45, 7) is 12.4. The Morgan fingerprint density at radius 3 is 2.27 bits per heavy atom. The molecule has 1 aliphatic heterocycles. The topological polar surface area (TPSA) is 134 Å². The molecule has 40 heavy (non-hydrogen) atoms. The van der Waals surface area contributed by atoms with Gasteiger partial charge in [0.1, 0.15) is 17.7 Å². The molecule has 0 spiro atoms. The van der Waals surface area contributed by atoms with E-state index in [2.05, 4.69) is 29.1 Å². The lowest BCUT2D eigenvalue weighted by Gasteiger charge is -2.36. The van der Waals surface area contributed by atoms with Gasteiger partial charge in [0, 0.05) is 25.9 Å². The fourth-order valence-electron chi connectivity index (χ4n) is 4.92. The van der Waals surface area contributed by atoms with Gasteiger partial charge < -0.3 is 25.6 Å². The molecule has 0 bridgehead atoms. The molecule has 0 aromatic carbocycles. The summed E-state index contributed by atoms with van der Waals surface area (Å²) >= 11 is 0. The van der Waals surface area contributed by atoms with Gasteiger partial charge in [-0.25, -0.2) is 13.6 Å². The van der Waals surface area contributed by atoms with E-state index in [1.807, 2.05) is 0 Å². The average molecular weight is 569 g/mol. The van der Waals surface area contributed by atoms with Gasteiger partial charge in [-0.1, -0.05) is 12.2 Å². The Hall–Kier alpha value is -3.31. The molecule has 1 heterocycles. The largest absolute Gasteiger partial charge is 0.444 e. The Morgan fingerprint density at radius 2 is 1.70 bits per heavy atom. The van der Waals surface area contributed by atoms with E-state index in [-0.39, 0.29) is 32.4 Å². The lowest BCUT2D eigenvalue weighted by molar-refractivity contribution is -0.144. The van der Waals surface area contributed by atoms with Gasteiger partial charge in [0.25, 0.3) is 5.91 Å². The van der Waals surface area contributed by atoms with Crippen LogP contribution in [-0.4, -0.2) is 77.2 Å². The predicted octanol–water partition coefficient (Wildman–Crippen LogP) is 3.02. The van der Waals surface area contributed by atoms with Crippen LogP contribution in [0.25, 0.3) is 0 Å². The van der Waals surface area contributed by atoms with Gasteiger partial charge in [-0.15, -0.1) is 13.2 Å². The molecular weight excluding hydrogens is 526 g/mol. The predicted molar refractivity (Wildman–Crippen MR) is 144 cm³/mol. The van der Waals surface area contributed by atoms with Crippen molar-refractivity contribution in [2.75, 3.05) is 13.1 Å². The second-order valence-electron chi connectivity index (χ2n) is 11.3. The number of rotatable bonds is 12. The van der Waals surface area contributed by atoms with Crippen molar-refractivity contribution in [3.63, 3.8) is 0 Å². The zero-order valence-corrected chi connectivity index (χ0v) is 23.6. The number of ketones is 1. The van der Waals surface area contributed by atoms with Crippen LogP contribution in [0.3, 0.4) is 0 Å². The molecule has 12 heteroatoms. The van der Waals surface area contributed by atoms with Gasteiger partial charge in [0.2, 0.25) is 23.5 Å². The van der Waals surface area contributed by atoms with E-state index in [1.54, 1.807) is 26.8 Å². The molecular formula is C28H42F2N4O6. The number of likely N-dealkylation sites (tertiary alicyclic amines) is 1. The van der Waals surface area contributed by atoms with Crippen LogP contribution in [0.5, 0.6) is 0 Å². The summed E-state index contributed by atoms with van der Waals surface area (Å²) in [5.74, 6) is -6.30. The molecule has 0 aromatic rings. The van der Waals surface area contributed by atoms with Crippen LogP contribution in [0.2, 0.25) is 0 Å². The number of alkyl carbamates (subject to hydrolysis) is 1. The molecule has 1 unspecified atom stereocenters. The van der Waals surface area contributed by atoms with E-state index < -0.39 is 78.0 Å². The first-order valence-electron chi connectivity index (χ1n) is 13.7. The molecule has 3 N–H and O–H groups in total. The second-order valence-corrected chi connectivity index (χ2v) is 11.3. The zero-order valence-electron chi connectivity index (χ0n) is 23.6. The molecule has 4 amide bonds. The van der Waals surface area contributed by atoms with Crippen molar-refractivity contribution in [1.82, 2.24) is 20.9 Å². The third kappa shape index (κ3) is 9.71. The van der Waals surface area contributed by atoms with Gasteiger partial charge in [-0.05, 0) is 65.2 Å². The minimum atomic E-state index is -2.84. The normalized spacial score (nSPS) is 20.5. The van der Waals surface area contributed by atoms with Crippen LogP contribution in [-0.2, 0) is 23.9 Å². The highest BCUT2D eigenvalue weighted by atomic mass is 19.3. The monoisotopic (exact) mass is 568 g/mol. The smallest absolute Gasteiger partial charge is 0.408 e. The maximum atomic E-state index is 13.9.